The van der Waals surface area contributed by atoms with Gasteiger partial charge < -0.3 is 15.8 Å². The number of benzene rings is 1. The fourth-order valence-electron chi connectivity index (χ4n) is 1.93. The van der Waals surface area contributed by atoms with Gasteiger partial charge in [0.2, 0.25) is 0 Å². The molecule has 3 N–H and O–H groups in total. The Kier molecular flexibility index (Phi) is 4.77. The van der Waals surface area contributed by atoms with Crippen LogP contribution in [0, 0.1) is 13.8 Å². The van der Waals surface area contributed by atoms with Gasteiger partial charge in [0, 0.05) is 12.2 Å². The first-order valence-electron chi connectivity index (χ1n) is 6.73. The standard InChI is InChI=1S/C16H19N3O2/c1-11-3-8-15(12(2)19-11)18-9-13-4-6-14(7-5-13)21-10-16(17)20/h3-8,18H,9-10H2,1-2H3,(H2,17,20). The minimum atomic E-state index is -0.483. The van der Waals surface area contributed by atoms with Crippen LogP contribution in [0.5, 0.6) is 5.75 Å². The summed E-state index contributed by atoms with van der Waals surface area (Å²) in [6, 6.07) is 11.5. The van der Waals surface area contributed by atoms with E-state index in [0.29, 0.717) is 12.3 Å². The van der Waals surface area contributed by atoms with Gasteiger partial charge in [-0.3, -0.25) is 9.78 Å². The molecule has 0 aliphatic rings. The lowest BCUT2D eigenvalue weighted by Crippen LogP contribution is -2.19. The summed E-state index contributed by atoms with van der Waals surface area (Å²) in [5, 5.41) is 3.35. The van der Waals surface area contributed by atoms with Crippen molar-refractivity contribution < 1.29 is 9.53 Å². The summed E-state index contributed by atoms with van der Waals surface area (Å²) in [5.74, 6) is 0.147. The Morgan fingerprint density at radius 2 is 1.90 bits per heavy atom. The molecule has 1 amide bonds. The highest BCUT2D eigenvalue weighted by atomic mass is 16.5. The Morgan fingerprint density at radius 1 is 1.19 bits per heavy atom. The molecule has 1 aromatic carbocycles. The molecule has 0 unspecified atom stereocenters. The Balaban J connectivity index is 1.92. The molecule has 110 valence electrons. The van der Waals surface area contributed by atoms with E-state index >= 15 is 0 Å². The molecular weight excluding hydrogens is 266 g/mol. The fourth-order valence-corrected chi connectivity index (χ4v) is 1.93. The average Bonchev–Trinajstić information content (AvgIpc) is 2.45. The number of carbonyl (C=O) groups is 1. The lowest BCUT2D eigenvalue weighted by atomic mass is 10.2. The molecule has 2 rings (SSSR count). The third kappa shape index (κ3) is 4.49. The Bertz CT molecular complexity index is 624. The molecule has 2 aromatic rings. The lowest BCUT2D eigenvalue weighted by molar-refractivity contribution is -0.119. The first-order valence-corrected chi connectivity index (χ1v) is 6.73. The largest absolute Gasteiger partial charge is 0.484 e. The summed E-state index contributed by atoms with van der Waals surface area (Å²) in [4.78, 5) is 15.1. The summed E-state index contributed by atoms with van der Waals surface area (Å²) in [6.07, 6.45) is 0. The molecule has 5 heteroatoms. The summed E-state index contributed by atoms with van der Waals surface area (Å²) < 4.78 is 5.21. The number of nitrogens with one attached hydrogen (secondary N) is 1. The van der Waals surface area contributed by atoms with E-state index in [2.05, 4.69) is 10.3 Å². The third-order valence-electron chi connectivity index (χ3n) is 3.01. The summed E-state index contributed by atoms with van der Waals surface area (Å²) in [6.45, 7) is 4.55. The van der Waals surface area contributed by atoms with Crippen molar-refractivity contribution in [3.05, 3.63) is 53.3 Å². The number of ether oxygens (including phenoxy) is 1. The predicted octanol–water partition coefficient (Wildman–Crippen LogP) is 2.17. The van der Waals surface area contributed by atoms with Crippen LogP contribution in [0.25, 0.3) is 0 Å². The van der Waals surface area contributed by atoms with Gasteiger partial charge in [-0.1, -0.05) is 12.1 Å². The van der Waals surface area contributed by atoms with Crippen LogP contribution in [0.4, 0.5) is 5.69 Å². The zero-order valence-corrected chi connectivity index (χ0v) is 12.2. The number of nitrogens with two attached hydrogens (primary N) is 1. The minimum absolute atomic E-state index is 0.105. The number of anilines is 1. The molecule has 0 aliphatic carbocycles. The number of carbonyl (C=O) groups excluding carboxylic acids is 1. The van der Waals surface area contributed by atoms with Crippen molar-refractivity contribution in [2.75, 3.05) is 11.9 Å². The van der Waals surface area contributed by atoms with Gasteiger partial charge in [0.15, 0.2) is 6.61 Å². The number of rotatable bonds is 6. The lowest BCUT2D eigenvalue weighted by Gasteiger charge is -2.10. The molecule has 0 saturated carbocycles. The summed E-state index contributed by atoms with van der Waals surface area (Å²) in [7, 11) is 0. The van der Waals surface area contributed by atoms with Gasteiger partial charge in [-0.2, -0.15) is 0 Å². The van der Waals surface area contributed by atoms with Crippen LogP contribution in [-0.2, 0) is 11.3 Å². The van der Waals surface area contributed by atoms with E-state index in [1.165, 1.54) is 0 Å². The van der Waals surface area contributed by atoms with Gasteiger partial charge in [-0.25, -0.2) is 0 Å². The molecule has 5 nitrogen and oxygen atoms in total. The molecule has 1 heterocycles. The van der Waals surface area contributed by atoms with Crippen LogP contribution in [0.2, 0.25) is 0 Å². The van der Waals surface area contributed by atoms with Crippen molar-refractivity contribution >= 4 is 11.6 Å². The average molecular weight is 285 g/mol. The van der Waals surface area contributed by atoms with Gasteiger partial charge in [0.1, 0.15) is 5.75 Å². The number of pyridine rings is 1. The van der Waals surface area contributed by atoms with Crippen molar-refractivity contribution in [3.63, 3.8) is 0 Å². The van der Waals surface area contributed by atoms with E-state index in [1.54, 1.807) is 0 Å². The molecule has 0 bridgehead atoms. The first-order chi connectivity index (χ1) is 10.0. The van der Waals surface area contributed by atoms with Gasteiger partial charge in [-0.05, 0) is 43.7 Å². The van der Waals surface area contributed by atoms with Crippen molar-refractivity contribution in [2.24, 2.45) is 5.73 Å². The number of primary amides is 1. The highest BCUT2D eigenvalue weighted by Crippen LogP contribution is 2.16. The van der Waals surface area contributed by atoms with E-state index in [4.69, 9.17) is 10.5 Å². The maximum absolute atomic E-state index is 10.6. The monoisotopic (exact) mass is 285 g/mol. The quantitative estimate of drug-likeness (QED) is 0.852. The number of hydrogen-bond donors (Lipinski definition) is 2. The van der Waals surface area contributed by atoms with Gasteiger partial charge >= 0.3 is 0 Å². The highest BCUT2D eigenvalue weighted by molar-refractivity contribution is 5.75. The molecule has 21 heavy (non-hydrogen) atoms. The second-order valence-corrected chi connectivity index (χ2v) is 4.84. The Labute approximate surface area is 124 Å². The normalized spacial score (nSPS) is 10.2. The Hall–Kier alpha value is -2.56. The second kappa shape index (κ2) is 6.74. The number of hydrogen-bond acceptors (Lipinski definition) is 4. The van der Waals surface area contributed by atoms with E-state index < -0.39 is 5.91 Å². The van der Waals surface area contributed by atoms with Crippen LogP contribution in [0.3, 0.4) is 0 Å². The molecule has 1 aromatic heterocycles. The SMILES string of the molecule is Cc1ccc(NCc2ccc(OCC(N)=O)cc2)c(C)n1. The maximum Gasteiger partial charge on any atom is 0.255 e. The van der Waals surface area contributed by atoms with Crippen LogP contribution >= 0.6 is 0 Å². The molecule has 0 radical (unpaired) electrons. The van der Waals surface area contributed by atoms with Crippen molar-refractivity contribution in [3.8, 4) is 5.75 Å². The van der Waals surface area contributed by atoms with E-state index in [0.717, 1.165) is 22.6 Å². The number of aromatic nitrogens is 1. The minimum Gasteiger partial charge on any atom is -0.484 e. The Morgan fingerprint density at radius 3 is 2.52 bits per heavy atom. The number of amides is 1. The van der Waals surface area contributed by atoms with Gasteiger partial charge in [0.25, 0.3) is 5.91 Å². The van der Waals surface area contributed by atoms with Crippen molar-refractivity contribution in [1.29, 1.82) is 0 Å². The molecule has 0 atom stereocenters. The molecule has 0 fully saturated rings. The highest BCUT2D eigenvalue weighted by Gasteiger charge is 2.01. The van der Waals surface area contributed by atoms with E-state index in [-0.39, 0.29) is 6.61 Å². The predicted molar refractivity (Wildman–Crippen MR) is 82.2 cm³/mol. The number of aryl methyl sites for hydroxylation is 2. The summed E-state index contributed by atoms with van der Waals surface area (Å²) >= 11 is 0. The van der Waals surface area contributed by atoms with Crippen LogP contribution in [0.15, 0.2) is 36.4 Å². The van der Waals surface area contributed by atoms with Crippen LogP contribution in [0.1, 0.15) is 17.0 Å². The smallest absolute Gasteiger partial charge is 0.255 e. The van der Waals surface area contributed by atoms with E-state index in [1.807, 2.05) is 50.2 Å². The first kappa shape index (κ1) is 14.8. The van der Waals surface area contributed by atoms with Crippen molar-refractivity contribution in [2.45, 2.75) is 20.4 Å². The van der Waals surface area contributed by atoms with Gasteiger partial charge in [-0.15, -0.1) is 0 Å². The van der Waals surface area contributed by atoms with Gasteiger partial charge in [0.05, 0.1) is 11.4 Å². The topological polar surface area (TPSA) is 77.2 Å². The zero-order valence-electron chi connectivity index (χ0n) is 12.2. The van der Waals surface area contributed by atoms with Crippen LogP contribution in [-0.4, -0.2) is 17.5 Å². The molecule has 0 aliphatic heterocycles. The fraction of sp³-hybridized carbons (Fsp3) is 0.250. The van der Waals surface area contributed by atoms with Crippen LogP contribution < -0.4 is 15.8 Å². The third-order valence-corrected chi connectivity index (χ3v) is 3.01. The molecule has 0 spiro atoms. The maximum atomic E-state index is 10.6. The summed E-state index contributed by atoms with van der Waals surface area (Å²) in [5.41, 5.74) is 9.15. The zero-order chi connectivity index (χ0) is 15.2. The molecular formula is C16H19N3O2. The second-order valence-electron chi connectivity index (χ2n) is 4.84. The van der Waals surface area contributed by atoms with Crippen molar-refractivity contribution in [1.82, 2.24) is 4.98 Å². The molecule has 0 saturated heterocycles. The number of nitrogens with zero attached hydrogens (tertiary/aromatic N) is 1. The van der Waals surface area contributed by atoms with E-state index in [9.17, 15) is 4.79 Å².